The largest absolute Gasteiger partial charge is 0.481 e. The third-order valence-corrected chi connectivity index (χ3v) is 10.1. The topological polar surface area (TPSA) is 282 Å². The molecule has 17 nitrogen and oxygen atoms in total. The van der Waals surface area contributed by atoms with Gasteiger partial charge in [0.05, 0.1) is 0 Å². The summed E-state index contributed by atoms with van der Waals surface area (Å²) in [7, 11) is 0. The first-order chi connectivity index (χ1) is 26.3. The fraction of sp³-hybridized carbons (Fsp3) is 0.632. The lowest BCUT2D eigenvalue weighted by Crippen LogP contribution is -2.57. The van der Waals surface area contributed by atoms with E-state index in [0.29, 0.717) is 0 Å². The zero-order valence-corrected chi connectivity index (χ0v) is 31.3. The highest BCUT2D eigenvalue weighted by Crippen LogP contribution is 2.28. The molecule has 0 spiro atoms. The summed E-state index contributed by atoms with van der Waals surface area (Å²) in [6.07, 6.45) is 7.76. The summed E-state index contributed by atoms with van der Waals surface area (Å²) < 4.78 is 5.32. The number of aliphatic carboxylic acids is 2. The van der Waals surface area contributed by atoms with E-state index >= 15 is 0 Å². The molecule has 4 unspecified atom stereocenters. The van der Waals surface area contributed by atoms with Crippen LogP contribution in [-0.4, -0.2) is 88.4 Å². The summed E-state index contributed by atoms with van der Waals surface area (Å²) in [5, 5.41) is 29.1. The van der Waals surface area contributed by atoms with Crippen molar-refractivity contribution in [1.82, 2.24) is 21.3 Å². The zero-order chi connectivity index (χ0) is 40.2. The molecule has 1 aromatic rings. The highest BCUT2D eigenvalue weighted by atomic mass is 16.5. The number of rotatable bonds is 22. The van der Waals surface area contributed by atoms with Crippen LogP contribution in [0.2, 0.25) is 0 Å². The fourth-order valence-electron chi connectivity index (χ4n) is 7.11. The minimum atomic E-state index is -1.48. The molecular weight excluding hydrogens is 714 g/mol. The number of nitrogens with two attached hydrogens (primary N) is 2. The number of alkyl carbamates (subject to hydrolysis) is 1. The molecule has 4 atom stereocenters. The monoisotopic (exact) mass is 771 g/mol. The van der Waals surface area contributed by atoms with Gasteiger partial charge in [-0.05, 0) is 49.5 Å². The van der Waals surface area contributed by atoms with Crippen molar-refractivity contribution in [3.05, 3.63) is 35.9 Å². The van der Waals surface area contributed by atoms with Gasteiger partial charge >= 0.3 is 18.0 Å². The van der Waals surface area contributed by atoms with Crippen LogP contribution in [-0.2, 0) is 40.1 Å². The van der Waals surface area contributed by atoms with Gasteiger partial charge in [0.1, 0.15) is 30.8 Å². The number of benzene rings is 1. The summed E-state index contributed by atoms with van der Waals surface area (Å²) in [5.41, 5.74) is 11.6. The molecule has 2 saturated carbocycles. The van der Waals surface area contributed by atoms with E-state index in [2.05, 4.69) is 26.3 Å². The molecule has 2 aliphatic rings. The predicted octanol–water partition coefficient (Wildman–Crippen LogP) is 2.25. The molecule has 2 fully saturated rings. The van der Waals surface area contributed by atoms with Gasteiger partial charge in [-0.25, -0.2) is 9.59 Å². The van der Waals surface area contributed by atoms with Crippen LogP contribution in [0.5, 0.6) is 0 Å². The van der Waals surface area contributed by atoms with E-state index < -0.39 is 72.1 Å². The van der Waals surface area contributed by atoms with Gasteiger partial charge in [-0.2, -0.15) is 0 Å². The van der Waals surface area contributed by atoms with Gasteiger partial charge in [-0.3, -0.25) is 29.0 Å². The molecular formula is C38H57N7O10. The van der Waals surface area contributed by atoms with Crippen LogP contribution in [0.3, 0.4) is 0 Å². The number of hydrogen-bond acceptors (Lipinski definition) is 9. The molecule has 10 N–H and O–H groups in total. The average Bonchev–Trinajstić information content (AvgIpc) is 3.16. The first-order valence-corrected chi connectivity index (χ1v) is 19.2. The number of aliphatic imine (C=N–C) groups is 1. The average molecular weight is 772 g/mol. The molecule has 0 saturated heterocycles. The number of ether oxygens (including phenoxy) is 1. The van der Waals surface area contributed by atoms with Gasteiger partial charge in [0, 0.05) is 13.0 Å². The van der Waals surface area contributed by atoms with Gasteiger partial charge in [-0.15, -0.1) is 0 Å². The SMILES string of the molecule is NC(N)=NCCCC(NC(=O)C(=O)C(CC1CCCCC1)NC(=O)OCc1ccccc1)C(=O)NC(CCC(=O)O)C(=O)NC(CC1CCCCC1)C(=O)O. The molecule has 4 amide bonds. The van der Waals surface area contributed by atoms with Crippen LogP contribution < -0.4 is 32.7 Å². The highest BCUT2D eigenvalue weighted by molar-refractivity contribution is 6.38. The zero-order valence-electron chi connectivity index (χ0n) is 31.3. The van der Waals surface area contributed by atoms with Gasteiger partial charge < -0.3 is 47.7 Å². The molecule has 3 rings (SSSR count). The van der Waals surface area contributed by atoms with Crippen molar-refractivity contribution in [2.75, 3.05) is 6.54 Å². The molecule has 0 radical (unpaired) electrons. The van der Waals surface area contributed by atoms with Crippen LogP contribution in [0.1, 0.15) is 108 Å². The van der Waals surface area contributed by atoms with Crippen molar-refractivity contribution < 1.29 is 48.5 Å². The maximum absolute atomic E-state index is 13.8. The molecule has 55 heavy (non-hydrogen) atoms. The van der Waals surface area contributed by atoms with Crippen molar-refractivity contribution in [1.29, 1.82) is 0 Å². The Morgan fingerprint density at radius 2 is 1.25 bits per heavy atom. The molecule has 2 aliphatic carbocycles. The number of carboxylic acid groups (broad SMARTS) is 2. The Bertz CT molecular complexity index is 1470. The Morgan fingerprint density at radius 3 is 1.80 bits per heavy atom. The van der Waals surface area contributed by atoms with Crippen LogP contribution in [0, 0.1) is 11.8 Å². The predicted molar refractivity (Wildman–Crippen MR) is 201 cm³/mol. The molecule has 1 aromatic carbocycles. The van der Waals surface area contributed by atoms with Crippen LogP contribution >= 0.6 is 0 Å². The van der Waals surface area contributed by atoms with Gasteiger partial charge in [0.15, 0.2) is 5.96 Å². The number of nitrogens with one attached hydrogen (secondary N) is 4. The lowest BCUT2D eigenvalue weighted by Gasteiger charge is -2.28. The number of ketones is 1. The molecule has 304 valence electrons. The van der Waals surface area contributed by atoms with Gasteiger partial charge in [-0.1, -0.05) is 94.5 Å². The third-order valence-electron chi connectivity index (χ3n) is 10.1. The number of guanidine groups is 1. The highest BCUT2D eigenvalue weighted by Gasteiger charge is 2.35. The van der Waals surface area contributed by atoms with E-state index in [1.807, 2.05) is 6.07 Å². The normalized spacial score (nSPS) is 16.9. The number of carboxylic acids is 2. The van der Waals surface area contributed by atoms with Gasteiger partial charge in [0.25, 0.3) is 5.91 Å². The molecule has 0 bridgehead atoms. The number of Topliss-reactive ketones (excluding diaryl/α,β-unsaturated/α-hetero) is 1. The summed E-state index contributed by atoms with van der Waals surface area (Å²) >= 11 is 0. The third kappa shape index (κ3) is 16.8. The van der Waals surface area contributed by atoms with Crippen LogP contribution in [0.15, 0.2) is 35.3 Å². The van der Waals surface area contributed by atoms with Crippen molar-refractivity contribution in [3.8, 4) is 0 Å². The molecule has 0 aliphatic heterocycles. The Hall–Kier alpha value is -5.22. The lowest BCUT2D eigenvalue weighted by molar-refractivity contribution is -0.143. The number of nitrogens with zero attached hydrogens (tertiary/aromatic N) is 1. The van der Waals surface area contributed by atoms with Crippen LogP contribution in [0.4, 0.5) is 4.79 Å². The lowest BCUT2D eigenvalue weighted by atomic mass is 9.84. The van der Waals surface area contributed by atoms with E-state index in [1.54, 1.807) is 24.3 Å². The summed E-state index contributed by atoms with van der Waals surface area (Å²) in [6, 6.07) is 3.48. The smallest absolute Gasteiger partial charge is 0.408 e. The standard InChI is InChI=1S/C38H57N7O10/c39-37(40)41-20-10-17-27(33(49)42-28(18-19-31(46)47)34(50)44-30(36(52)53)22-25-13-6-2-7-14-25)43-35(51)32(48)29(21-24-11-4-1-5-12-24)45-38(54)55-23-26-15-8-3-9-16-26/h3,8-9,15-16,24-25,27-30H,1-2,4-7,10-14,17-23H2,(H,42,49)(H,43,51)(H,44,50)(H,45,54)(H,46,47)(H,52,53)(H4,39,40,41). The molecule has 0 aromatic heterocycles. The Morgan fingerprint density at radius 1 is 0.709 bits per heavy atom. The van der Waals surface area contributed by atoms with Crippen molar-refractivity contribution in [2.24, 2.45) is 28.3 Å². The Labute approximate surface area is 321 Å². The summed E-state index contributed by atoms with van der Waals surface area (Å²) in [6.45, 7) is -0.00883. The Kier molecular flexibility index (Phi) is 18.9. The molecule has 0 heterocycles. The van der Waals surface area contributed by atoms with Crippen molar-refractivity contribution in [3.63, 3.8) is 0 Å². The number of carbonyl (C=O) groups excluding carboxylic acids is 5. The minimum absolute atomic E-state index is 0.0550. The number of carbonyl (C=O) groups is 7. The number of amides is 4. The second kappa shape index (κ2) is 23.5. The maximum Gasteiger partial charge on any atom is 0.408 e. The first-order valence-electron chi connectivity index (χ1n) is 19.2. The molecule has 17 heteroatoms. The maximum atomic E-state index is 13.8. The van der Waals surface area contributed by atoms with E-state index in [4.69, 9.17) is 16.2 Å². The summed E-state index contributed by atoms with van der Waals surface area (Å²) in [4.78, 5) is 94.8. The first kappa shape index (κ1) is 44.2. The second-order valence-electron chi connectivity index (χ2n) is 14.5. The van der Waals surface area contributed by atoms with Gasteiger partial charge in [0.2, 0.25) is 17.6 Å². The fourth-order valence-corrected chi connectivity index (χ4v) is 7.11. The minimum Gasteiger partial charge on any atom is -0.481 e. The van der Waals surface area contributed by atoms with E-state index in [0.717, 1.165) is 69.8 Å². The quantitative estimate of drug-likeness (QED) is 0.0365. The van der Waals surface area contributed by atoms with Crippen molar-refractivity contribution >= 4 is 47.5 Å². The second-order valence-corrected chi connectivity index (χ2v) is 14.5. The van der Waals surface area contributed by atoms with E-state index in [1.165, 1.54) is 0 Å². The summed E-state index contributed by atoms with van der Waals surface area (Å²) in [5.74, 6) is -6.56. The Balaban J connectivity index is 1.77. The van der Waals surface area contributed by atoms with E-state index in [-0.39, 0.29) is 63.1 Å². The number of hydrogen-bond donors (Lipinski definition) is 8. The van der Waals surface area contributed by atoms with Crippen LogP contribution in [0.25, 0.3) is 0 Å². The van der Waals surface area contributed by atoms with E-state index in [9.17, 15) is 43.8 Å². The van der Waals surface area contributed by atoms with Crippen molar-refractivity contribution in [2.45, 2.75) is 134 Å².